The van der Waals surface area contributed by atoms with Gasteiger partial charge in [0.2, 0.25) is 5.91 Å². The first kappa shape index (κ1) is 13.3. The molecule has 0 aromatic heterocycles. The van der Waals surface area contributed by atoms with Gasteiger partial charge in [0, 0.05) is 49.6 Å². The van der Waals surface area contributed by atoms with Gasteiger partial charge in [0.1, 0.15) is 0 Å². The predicted octanol–water partition coefficient (Wildman–Crippen LogP) is -0.255. The lowest BCUT2D eigenvalue weighted by molar-refractivity contribution is -0.128. The average molecular weight is 300 g/mol. The van der Waals surface area contributed by atoms with Gasteiger partial charge >= 0.3 is 0 Å². The highest BCUT2D eigenvalue weighted by molar-refractivity contribution is 6.38. The van der Waals surface area contributed by atoms with Gasteiger partial charge in [-0.3, -0.25) is 9.59 Å². The molecular formula is C15H16N4O3. The fourth-order valence-corrected chi connectivity index (χ4v) is 3.10. The van der Waals surface area contributed by atoms with E-state index in [1.165, 1.54) is 6.08 Å². The Morgan fingerprint density at radius 1 is 1.23 bits per heavy atom. The Morgan fingerprint density at radius 2 is 2.05 bits per heavy atom. The lowest BCUT2D eigenvalue weighted by Gasteiger charge is -2.32. The maximum Gasteiger partial charge on any atom is 0.290 e. The van der Waals surface area contributed by atoms with Crippen LogP contribution in [0.4, 0.5) is 0 Å². The average Bonchev–Trinajstić information content (AvgIpc) is 2.89. The molecule has 0 spiro atoms. The van der Waals surface area contributed by atoms with Crippen molar-refractivity contribution in [1.82, 2.24) is 15.1 Å². The molecule has 4 aliphatic heterocycles. The van der Waals surface area contributed by atoms with Gasteiger partial charge in [-0.2, -0.15) is 0 Å². The van der Waals surface area contributed by atoms with Crippen LogP contribution in [0.5, 0.6) is 0 Å². The van der Waals surface area contributed by atoms with E-state index in [0.29, 0.717) is 45.1 Å². The Balaban J connectivity index is 1.68. The van der Waals surface area contributed by atoms with E-state index in [2.05, 4.69) is 10.3 Å². The summed E-state index contributed by atoms with van der Waals surface area (Å²) in [6.45, 7) is 2.96. The van der Waals surface area contributed by atoms with Gasteiger partial charge in [0.15, 0.2) is 5.84 Å². The Kier molecular flexibility index (Phi) is 3.07. The molecule has 0 aliphatic carbocycles. The standard InChI is InChI=1S/C15H16N4O3/c20-12-2-1-10-9-16-14(15(21)18-5-7-22-8-6-18)19-4-3-11(17-12)13(10)19/h1-2,9H,3-8H2,(H,17,20). The van der Waals surface area contributed by atoms with E-state index in [0.717, 1.165) is 17.0 Å². The first-order chi connectivity index (χ1) is 10.7. The van der Waals surface area contributed by atoms with Crippen LogP contribution in [0.1, 0.15) is 6.42 Å². The number of rotatable bonds is 1. The monoisotopic (exact) mass is 300 g/mol. The van der Waals surface area contributed by atoms with Gasteiger partial charge in [-0.05, 0) is 6.08 Å². The normalized spacial score (nSPS) is 23.7. The van der Waals surface area contributed by atoms with E-state index in [1.807, 2.05) is 4.90 Å². The van der Waals surface area contributed by atoms with Gasteiger partial charge < -0.3 is 19.9 Å². The summed E-state index contributed by atoms with van der Waals surface area (Å²) in [5.41, 5.74) is 2.63. The highest BCUT2D eigenvalue weighted by atomic mass is 16.5. The van der Waals surface area contributed by atoms with E-state index in [9.17, 15) is 9.59 Å². The van der Waals surface area contributed by atoms with Gasteiger partial charge in [0.05, 0.1) is 18.9 Å². The maximum absolute atomic E-state index is 12.7. The van der Waals surface area contributed by atoms with E-state index in [1.54, 1.807) is 17.2 Å². The van der Waals surface area contributed by atoms with E-state index in [-0.39, 0.29) is 11.8 Å². The second kappa shape index (κ2) is 5.10. The number of ether oxygens (including phenoxy) is 1. The van der Waals surface area contributed by atoms with Crippen molar-refractivity contribution in [1.29, 1.82) is 0 Å². The van der Waals surface area contributed by atoms with Crippen molar-refractivity contribution < 1.29 is 14.3 Å². The van der Waals surface area contributed by atoms with Gasteiger partial charge in [-0.1, -0.05) is 0 Å². The lowest BCUT2D eigenvalue weighted by Crippen LogP contribution is -2.49. The molecule has 0 radical (unpaired) electrons. The van der Waals surface area contributed by atoms with Crippen LogP contribution in [-0.2, 0) is 14.3 Å². The zero-order valence-electron chi connectivity index (χ0n) is 12.0. The molecule has 0 aromatic carbocycles. The highest BCUT2D eigenvalue weighted by Crippen LogP contribution is 2.33. The van der Waals surface area contributed by atoms with Crippen LogP contribution in [0.15, 0.2) is 40.3 Å². The predicted molar refractivity (Wildman–Crippen MR) is 78.5 cm³/mol. The minimum Gasteiger partial charge on any atom is -0.378 e. The van der Waals surface area contributed by atoms with E-state index < -0.39 is 0 Å². The van der Waals surface area contributed by atoms with E-state index in [4.69, 9.17) is 4.74 Å². The maximum atomic E-state index is 12.7. The van der Waals surface area contributed by atoms with Crippen molar-refractivity contribution in [2.45, 2.75) is 6.42 Å². The summed E-state index contributed by atoms with van der Waals surface area (Å²) < 4.78 is 5.29. The third-order valence-electron chi connectivity index (χ3n) is 4.17. The molecule has 4 rings (SSSR count). The molecule has 22 heavy (non-hydrogen) atoms. The molecule has 0 unspecified atom stereocenters. The quantitative estimate of drug-likeness (QED) is 0.724. The van der Waals surface area contributed by atoms with Crippen LogP contribution in [0, 0.1) is 0 Å². The Morgan fingerprint density at radius 3 is 2.86 bits per heavy atom. The first-order valence-electron chi connectivity index (χ1n) is 7.39. The fraction of sp³-hybridized carbons (Fsp3) is 0.400. The number of hydrogen-bond donors (Lipinski definition) is 1. The number of amidine groups is 1. The minimum atomic E-state index is -0.138. The summed E-state index contributed by atoms with van der Waals surface area (Å²) in [4.78, 5) is 32.4. The zero-order chi connectivity index (χ0) is 15.1. The largest absolute Gasteiger partial charge is 0.378 e. The summed E-state index contributed by atoms with van der Waals surface area (Å²) >= 11 is 0. The second-order valence-corrected chi connectivity index (χ2v) is 5.49. The first-order valence-corrected chi connectivity index (χ1v) is 7.39. The number of carbonyl (C=O) groups excluding carboxylic acids is 2. The van der Waals surface area contributed by atoms with Gasteiger partial charge in [0.25, 0.3) is 5.91 Å². The van der Waals surface area contributed by atoms with Crippen molar-refractivity contribution in [3.8, 4) is 0 Å². The number of amides is 2. The molecule has 7 heteroatoms. The highest BCUT2D eigenvalue weighted by Gasteiger charge is 2.36. The van der Waals surface area contributed by atoms with Crippen molar-refractivity contribution in [3.05, 3.63) is 35.3 Å². The van der Waals surface area contributed by atoms with Crippen molar-refractivity contribution in [2.75, 3.05) is 32.8 Å². The molecule has 0 bridgehead atoms. The van der Waals surface area contributed by atoms with Crippen molar-refractivity contribution in [2.24, 2.45) is 4.99 Å². The van der Waals surface area contributed by atoms with Crippen LogP contribution in [0.3, 0.4) is 0 Å². The fourth-order valence-electron chi connectivity index (χ4n) is 3.10. The molecular weight excluding hydrogens is 284 g/mol. The number of allylic oxidation sites excluding steroid dienone is 1. The second-order valence-electron chi connectivity index (χ2n) is 5.49. The van der Waals surface area contributed by atoms with Crippen LogP contribution >= 0.6 is 0 Å². The SMILES string of the molecule is O=C1C=CC2=CN=C(C(=O)N3CCOCC3)N3CCC(=C23)N1. The zero-order valence-corrected chi connectivity index (χ0v) is 12.0. The summed E-state index contributed by atoms with van der Waals surface area (Å²) in [6, 6.07) is 0. The van der Waals surface area contributed by atoms with Crippen molar-refractivity contribution in [3.63, 3.8) is 0 Å². The van der Waals surface area contributed by atoms with Gasteiger partial charge in [-0.15, -0.1) is 0 Å². The number of aliphatic imine (C=N–C) groups is 1. The molecule has 1 fully saturated rings. The van der Waals surface area contributed by atoms with Crippen LogP contribution < -0.4 is 5.32 Å². The summed E-state index contributed by atoms with van der Waals surface area (Å²) in [7, 11) is 0. The number of morpholine rings is 1. The third kappa shape index (κ3) is 2.05. The molecule has 2 amide bonds. The molecule has 1 N–H and O–H groups in total. The van der Waals surface area contributed by atoms with Crippen LogP contribution in [-0.4, -0.2) is 60.3 Å². The number of carbonyl (C=O) groups is 2. The summed E-state index contributed by atoms with van der Waals surface area (Å²) in [5.74, 6) is 0.216. The number of nitrogens with zero attached hydrogens (tertiary/aromatic N) is 3. The Bertz CT molecular complexity index is 668. The van der Waals surface area contributed by atoms with Crippen LogP contribution in [0.2, 0.25) is 0 Å². The topological polar surface area (TPSA) is 74.2 Å². The molecule has 4 aliphatic rings. The van der Waals surface area contributed by atoms with Gasteiger partial charge in [-0.25, -0.2) is 4.99 Å². The lowest BCUT2D eigenvalue weighted by atomic mass is 10.1. The van der Waals surface area contributed by atoms with Crippen LogP contribution in [0.25, 0.3) is 0 Å². The molecule has 114 valence electrons. The summed E-state index contributed by atoms with van der Waals surface area (Å²) in [5, 5.41) is 2.88. The molecule has 7 nitrogen and oxygen atoms in total. The molecule has 1 saturated heterocycles. The molecule has 4 heterocycles. The molecule has 0 atom stereocenters. The van der Waals surface area contributed by atoms with Crippen molar-refractivity contribution >= 4 is 17.6 Å². The Hall–Kier alpha value is -2.41. The number of nitrogens with one attached hydrogen (secondary N) is 1. The number of hydrogen-bond acceptors (Lipinski definition) is 5. The summed E-state index contributed by atoms with van der Waals surface area (Å²) in [6.07, 6.45) is 5.61. The third-order valence-corrected chi connectivity index (χ3v) is 4.17. The van der Waals surface area contributed by atoms with E-state index >= 15 is 0 Å². The smallest absolute Gasteiger partial charge is 0.290 e. The molecule has 0 saturated carbocycles. The minimum absolute atomic E-state index is 0.0769. The molecule has 0 aromatic rings. The Labute approximate surface area is 127 Å².